The third kappa shape index (κ3) is 4.00. The lowest BCUT2D eigenvalue weighted by atomic mass is 10.1. The Kier molecular flexibility index (Phi) is 4.79. The molecule has 2 rings (SSSR count). The average Bonchev–Trinajstić information content (AvgIpc) is 2.38. The van der Waals surface area contributed by atoms with Crippen molar-refractivity contribution in [3.63, 3.8) is 0 Å². The molecule has 0 amide bonds. The summed E-state index contributed by atoms with van der Waals surface area (Å²) in [7, 11) is 0. The lowest BCUT2D eigenvalue weighted by Gasteiger charge is -2.23. The minimum atomic E-state index is 0.282. The highest BCUT2D eigenvalue weighted by Crippen LogP contribution is 2.19. The third-order valence-electron chi connectivity index (χ3n) is 2.88. The van der Waals surface area contributed by atoms with Gasteiger partial charge in [0.15, 0.2) is 0 Å². The summed E-state index contributed by atoms with van der Waals surface area (Å²) in [6, 6.07) is 8.09. The summed E-state index contributed by atoms with van der Waals surface area (Å²) in [5, 5.41) is 0. The van der Waals surface area contributed by atoms with Crippen LogP contribution in [0.4, 0.5) is 0 Å². The Morgan fingerprint density at radius 1 is 1.29 bits per heavy atom. The van der Waals surface area contributed by atoms with Gasteiger partial charge in [-0.05, 0) is 24.1 Å². The topological polar surface area (TPSA) is 53.7 Å². The molecule has 94 valence electrons. The lowest BCUT2D eigenvalue weighted by Crippen LogP contribution is -2.25. The van der Waals surface area contributed by atoms with E-state index in [9.17, 15) is 0 Å². The van der Waals surface area contributed by atoms with Gasteiger partial charge in [-0.3, -0.25) is 0 Å². The quantitative estimate of drug-likeness (QED) is 0.792. The monoisotopic (exact) mass is 237 g/mol. The first-order valence-electron chi connectivity index (χ1n) is 6.03. The van der Waals surface area contributed by atoms with Gasteiger partial charge in [0, 0.05) is 12.8 Å². The van der Waals surface area contributed by atoms with Gasteiger partial charge in [-0.2, -0.15) is 0 Å². The van der Waals surface area contributed by atoms with Gasteiger partial charge >= 0.3 is 0 Å². The molecule has 0 radical (unpaired) electrons. The molecule has 4 nitrogen and oxygen atoms in total. The van der Waals surface area contributed by atoms with Crippen LogP contribution < -0.4 is 10.6 Å². The summed E-state index contributed by atoms with van der Waals surface area (Å²) in [5.74, 6) is 5.94. The highest BCUT2D eigenvalue weighted by atomic mass is 16.6. The van der Waals surface area contributed by atoms with E-state index in [2.05, 4.69) is 17.0 Å². The van der Waals surface area contributed by atoms with Crippen LogP contribution in [0.25, 0.3) is 0 Å². The van der Waals surface area contributed by atoms with Gasteiger partial charge in [-0.15, -0.1) is 0 Å². The standard InChI is InChI=1S/C13H19NO3/c14-16-9-4-11-2-1-3-13(10-11)17-12-5-7-15-8-6-12/h1-3,10,12H,4-9,14H2. The Balaban J connectivity index is 1.90. The fourth-order valence-electron chi connectivity index (χ4n) is 1.94. The van der Waals surface area contributed by atoms with E-state index in [1.54, 1.807) is 0 Å². The van der Waals surface area contributed by atoms with E-state index in [4.69, 9.17) is 15.4 Å². The first-order valence-corrected chi connectivity index (χ1v) is 6.03. The van der Waals surface area contributed by atoms with Gasteiger partial charge in [-0.25, -0.2) is 5.90 Å². The van der Waals surface area contributed by atoms with E-state index >= 15 is 0 Å². The van der Waals surface area contributed by atoms with Gasteiger partial charge in [-0.1, -0.05) is 12.1 Å². The highest BCUT2D eigenvalue weighted by molar-refractivity contribution is 5.28. The largest absolute Gasteiger partial charge is 0.490 e. The minimum Gasteiger partial charge on any atom is -0.490 e. The van der Waals surface area contributed by atoms with Crippen LogP contribution in [0.3, 0.4) is 0 Å². The van der Waals surface area contributed by atoms with Crippen molar-refractivity contribution in [1.82, 2.24) is 0 Å². The summed E-state index contributed by atoms with van der Waals surface area (Å²) in [5.41, 5.74) is 1.18. The molecule has 1 aliphatic heterocycles. The van der Waals surface area contributed by atoms with Crippen molar-refractivity contribution in [2.24, 2.45) is 5.90 Å². The molecule has 1 aromatic carbocycles. The Hall–Kier alpha value is -1.10. The van der Waals surface area contributed by atoms with Crippen LogP contribution >= 0.6 is 0 Å². The summed E-state index contributed by atoms with van der Waals surface area (Å²) >= 11 is 0. The molecule has 1 saturated heterocycles. The highest BCUT2D eigenvalue weighted by Gasteiger charge is 2.15. The van der Waals surface area contributed by atoms with Crippen LogP contribution in [-0.2, 0) is 16.0 Å². The molecule has 4 heteroatoms. The van der Waals surface area contributed by atoms with Crippen molar-refractivity contribution in [3.05, 3.63) is 29.8 Å². The first kappa shape index (κ1) is 12.4. The van der Waals surface area contributed by atoms with Crippen molar-refractivity contribution in [3.8, 4) is 5.75 Å². The molecular weight excluding hydrogens is 218 g/mol. The van der Waals surface area contributed by atoms with E-state index in [1.807, 2.05) is 12.1 Å². The first-order chi connectivity index (χ1) is 8.38. The van der Waals surface area contributed by atoms with E-state index in [0.717, 1.165) is 38.2 Å². The van der Waals surface area contributed by atoms with Crippen LogP contribution in [0.5, 0.6) is 5.75 Å². The molecule has 1 aromatic rings. The maximum atomic E-state index is 5.92. The second-order valence-electron chi connectivity index (χ2n) is 4.20. The molecule has 1 aliphatic rings. The van der Waals surface area contributed by atoms with Crippen molar-refractivity contribution < 1.29 is 14.3 Å². The SMILES string of the molecule is NOCCc1cccc(OC2CCOCC2)c1. The molecule has 0 atom stereocenters. The van der Waals surface area contributed by atoms with E-state index < -0.39 is 0 Å². The van der Waals surface area contributed by atoms with Crippen LogP contribution in [0.2, 0.25) is 0 Å². The number of benzene rings is 1. The molecule has 0 spiro atoms. The molecule has 17 heavy (non-hydrogen) atoms. The van der Waals surface area contributed by atoms with Gasteiger partial charge in [0.2, 0.25) is 0 Å². The zero-order valence-electron chi connectivity index (χ0n) is 9.93. The molecule has 0 aliphatic carbocycles. The zero-order chi connectivity index (χ0) is 11.9. The number of hydrogen-bond acceptors (Lipinski definition) is 4. The van der Waals surface area contributed by atoms with Crippen molar-refractivity contribution >= 4 is 0 Å². The van der Waals surface area contributed by atoms with E-state index in [1.165, 1.54) is 5.56 Å². The van der Waals surface area contributed by atoms with E-state index in [-0.39, 0.29) is 6.10 Å². The second-order valence-corrected chi connectivity index (χ2v) is 4.20. The predicted octanol–water partition coefficient (Wildman–Crippen LogP) is 1.68. The molecule has 1 fully saturated rings. The molecule has 0 bridgehead atoms. The van der Waals surface area contributed by atoms with Gasteiger partial charge in [0.25, 0.3) is 0 Å². The molecule has 1 heterocycles. The normalized spacial score (nSPS) is 17.0. The van der Waals surface area contributed by atoms with Crippen molar-refractivity contribution in [2.75, 3.05) is 19.8 Å². The molecule has 0 unspecified atom stereocenters. The second kappa shape index (κ2) is 6.59. The molecule has 2 N–H and O–H groups in total. The Morgan fingerprint density at radius 3 is 2.88 bits per heavy atom. The maximum Gasteiger partial charge on any atom is 0.119 e. The van der Waals surface area contributed by atoms with E-state index in [0.29, 0.717) is 6.61 Å². The van der Waals surface area contributed by atoms with Crippen LogP contribution in [0, 0.1) is 0 Å². The zero-order valence-corrected chi connectivity index (χ0v) is 9.93. The third-order valence-corrected chi connectivity index (χ3v) is 2.88. The summed E-state index contributed by atoms with van der Waals surface area (Å²) in [6.45, 7) is 2.12. The average molecular weight is 237 g/mol. The molecule has 0 aromatic heterocycles. The number of hydrogen-bond donors (Lipinski definition) is 1. The Bertz CT molecular complexity index is 337. The van der Waals surface area contributed by atoms with Crippen molar-refractivity contribution in [2.45, 2.75) is 25.4 Å². The Morgan fingerprint density at radius 2 is 2.12 bits per heavy atom. The predicted molar refractivity (Wildman–Crippen MR) is 64.8 cm³/mol. The lowest BCUT2D eigenvalue weighted by molar-refractivity contribution is 0.0255. The number of rotatable bonds is 5. The fraction of sp³-hybridized carbons (Fsp3) is 0.538. The molecular formula is C13H19NO3. The number of nitrogens with two attached hydrogens (primary N) is 1. The van der Waals surface area contributed by atoms with Gasteiger partial charge < -0.3 is 14.3 Å². The maximum absolute atomic E-state index is 5.92. The van der Waals surface area contributed by atoms with Gasteiger partial charge in [0.05, 0.1) is 19.8 Å². The summed E-state index contributed by atoms with van der Waals surface area (Å²) in [6.07, 6.45) is 3.03. The van der Waals surface area contributed by atoms with Crippen LogP contribution in [-0.4, -0.2) is 25.9 Å². The smallest absolute Gasteiger partial charge is 0.119 e. The van der Waals surface area contributed by atoms with Crippen molar-refractivity contribution in [1.29, 1.82) is 0 Å². The molecule has 0 saturated carbocycles. The fourth-order valence-corrected chi connectivity index (χ4v) is 1.94. The summed E-state index contributed by atoms with van der Waals surface area (Å²) in [4.78, 5) is 4.58. The Labute approximate surface area is 102 Å². The number of ether oxygens (including phenoxy) is 2. The minimum absolute atomic E-state index is 0.282. The van der Waals surface area contributed by atoms with Crippen LogP contribution in [0.15, 0.2) is 24.3 Å². The summed E-state index contributed by atoms with van der Waals surface area (Å²) < 4.78 is 11.2. The van der Waals surface area contributed by atoms with Gasteiger partial charge in [0.1, 0.15) is 11.9 Å². The van der Waals surface area contributed by atoms with Crippen LogP contribution in [0.1, 0.15) is 18.4 Å².